The third-order valence-corrected chi connectivity index (χ3v) is 5.29. The molecule has 26 heavy (non-hydrogen) atoms. The number of carbonyl (C=O) groups excluding carboxylic acids is 2. The van der Waals surface area contributed by atoms with Crippen LogP contribution in [0.1, 0.15) is 49.7 Å². The molecule has 2 aromatic heterocycles. The summed E-state index contributed by atoms with van der Waals surface area (Å²) in [6.45, 7) is 2.49. The number of nitrogens with zero attached hydrogens (tertiary/aromatic N) is 4. The lowest BCUT2D eigenvalue weighted by atomic mass is 9.98. The van der Waals surface area contributed by atoms with E-state index in [9.17, 15) is 9.59 Å². The summed E-state index contributed by atoms with van der Waals surface area (Å²) in [6.07, 6.45) is 7.73. The van der Waals surface area contributed by atoms with Crippen LogP contribution in [0, 0.1) is 5.92 Å². The van der Waals surface area contributed by atoms with Gasteiger partial charge >= 0.3 is 0 Å². The first-order valence-electron chi connectivity index (χ1n) is 9.12. The summed E-state index contributed by atoms with van der Waals surface area (Å²) in [5.41, 5.74) is 1.71. The van der Waals surface area contributed by atoms with Gasteiger partial charge in [-0.3, -0.25) is 14.6 Å². The lowest BCUT2D eigenvalue weighted by Crippen LogP contribution is -2.34. The summed E-state index contributed by atoms with van der Waals surface area (Å²) in [6, 6.07) is 3.38. The Labute approximate surface area is 152 Å². The molecule has 0 spiro atoms. The number of amides is 2. The minimum absolute atomic E-state index is 0.00532. The summed E-state index contributed by atoms with van der Waals surface area (Å²) in [5.74, 6) is 0.572. The molecule has 1 saturated carbocycles. The molecule has 4 rings (SSSR count). The minimum atomic E-state index is -0.462. The molecular weight excluding hydrogens is 330 g/mol. The Kier molecular flexibility index (Phi) is 4.22. The fourth-order valence-corrected chi connectivity index (χ4v) is 3.81. The topological polar surface area (TPSA) is 80.1 Å². The van der Waals surface area contributed by atoms with Gasteiger partial charge in [0.15, 0.2) is 0 Å². The number of pyridine rings is 1. The smallest absolute Gasteiger partial charge is 0.230 e. The molecule has 1 saturated heterocycles. The fourth-order valence-electron chi connectivity index (χ4n) is 3.81. The van der Waals surface area contributed by atoms with Gasteiger partial charge in [0.25, 0.3) is 0 Å². The second-order valence-electron chi connectivity index (χ2n) is 7.03. The lowest BCUT2D eigenvalue weighted by Gasteiger charge is -2.26. The zero-order valence-corrected chi connectivity index (χ0v) is 15.1. The minimum Gasteiger partial charge on any atom is -0.336 e. The van der Waals surface area contributed by atoms with Crippen LogP contribution in [0.2, 0.25) is 0 Å². The number of hydrogen-bond acceptors (Lipinski definition) is 4. The van der Waals surface area contributed by atoms with Crippen molar-refractivity contribution in [3.8, 4) is 0 Å². The maximum atomic E-state index is 13.1. The monoisotopic (exact) mass is 353 g/mol. The molecule has 7 heteroatoms. The summed E-state index contributed by atoms with van der Waals surface area (Å²) >= 11 is 0. The predicted molar refractivity (Wildman–Crippen MR) is 96.3 cm³/mol. The number of aromatic nitrogens is 3. The molecule has 0 aromatic carbocycles. The highest BCUT2D eigenvalue weighted by Gasteiger charge is 2.45. The second kappa shape index (κ2) is 6.55. The number of aryl methyl sites for hydroxylation is 1. The Bertz CT molecular complexity index is 842. The summed E-state index contributed by atoms with van der Waals surface area (Å²) in [7, 11) is 1.89. The Morgan fingerprint density at radius 2 is 2.12 bits per heavy atom. The van der Waals surface area contributed by atoms with Crippen molar-refractivity contribution in [3.05, 3.63) is 42.2 Å². The summed E-state index contributed by atoms with van der Waals surface area (Å²) in [4.78, 5) is 36.1. The third kappa shape index (κ3) is 2.87. The summed E-state index contributed by atoms with van der Waals surface area (Å²) in [5, 5.41) is 3.03. The van der Waals surface area contributed by atoms with Gasteiger partial charge in [0.05, 0.1) is 17.3 Å². The number of anilines is 1. The zero-order chi connectivity index (χ0) is 18.3. The Morgan fingerprint density at radius 3 is 2.77 bits per heavy atom. The van der Waals surface area contributed by atoms with E-state index in [2.05, 4.69) is 15.3 Å². The molecule has 2 fully saturated rings. The first-order valence-corrected chi connectivity index (χ1v) is 9.12. The molecule has 2 atom stereocenters. The van der Waals surface area contributed by atoms with E-state index in [1.165, 1.54) is 0 Å². The summed E-state index contributed by atoms with van der Waals surface area (Å²) < 4.78 is 1.88. The standard InChI is InChI=1S/C19H23N5O2/c1-3-24-15(25)11-13(17(24)18-21-9-10-23(18)2)19(26)22-14-5-4-8-20-16(14)12-6-7-12/h4-5,8-10,12-13,17H,3,6-7,11H2,1-2H3,(H,22,26)/t13-,17-/m0/s1. The molecule has 7 nitrogen and oxygen atoms in total. The number of imidazole rings is 1. The van der Waals surface area contributed by atoms with E-state index in [0.717, 1.165) is 30.0 Å². The molecule has 0 bridgehead atoms. The number of rotatable bonds is 5. The van der Waals surface area contributed by atoms with Crippen molar-refractivity contribution in [2.75, 3.05) is 11.9 Å². The van der Waals surface area contributed by atoms with Crippen molar-refractivity contribution >= 4 is 17.5 Å². The maximum absolute atomic E-state index is 13.1. The molecular formula is C19H23N5O2. The van der Waals surface area contributed by atoms with E-state index in [1.54, 1.807) is 17.3 Å². The van der Waals surface area contributed by atoms with Crippen LogP contribution in [0.15, 0.2) is 30.7 Å². The number of nitrogens with one attached hydrogen (secondary N) is 1. The molecule has 1 aliphatic carbocycles. The number of carbonyl (C=O) groups is 2. The van der Waals surface area contributed by atoms with Crippen molar-refractivity contribution in [1.82, 2.24) is 19.4 Å². The number of likely N-dealkylation sites (tertiary alicyclic amines) is 1. The Hall–Kier alpha value is -2.70. The van der Waals surface area contributed by atoms with Gasteiger partial charge in [-0.25, -0.2) is 4.98 Å². The van der Waals surface area contributed by atoms with Gasteiger partial charge in [0.2, 0.25) is 11.8 Å². The van der Waals surface area contributed by atoms with Crippen LogP contribution in [-0.4, -0.2) is 37.8 Å². The molecule has 1 N–H and O–H groups in total. The van der Waals surface area contributed by atoms with Gasteiger partial charge in [-0.1, -0.05) is 0 Å². The normalized spacial score (nSPS) is 22.7. The van der Waals surface area contributed by atoms with E-state index in [-0.39, 0.29) is 24.3 Å². The Morgan fingerprint density at radius 1 is 1.31 bits per heavy atom. The molecule has 2 amide bonds. The van der Waals surface area contributed by atoms with Crippen LogP contribution in [0.25, 0.3) is 0 Å². The molecule has 3 heterocycles. The van der Waals surface area contributed by atoms with Gasteiger partial charge in [0.1, 0.15) is 11.9 Å². The van der Waals surface area contributed by atoms with E-state index >= 15 is 0 Å². The average molecular weight is 353 g/mol. The van der Waals surface area contributed by atoms with Crippen LogP contribution < -0.4 is 5.32 Å². The predicted octanol–water partition coefficient (Wildman–Crippen LogP) is 2.24. The largest absolute Gasteiger partial charge is 0.336 e. The molecule has 0 unspecified atom stereocenters. The van der Waals surface area contributed by atoms with Crippen LogP contribution >= 0.6 is 0 Å². The quantitative estimate of drug-likeness (QED) is 0.894. The maximum Gasteiger partial charge on any atom is 0.230 e. The molecule has 2 aromatic rings. The van der Waals surface area contributed by atoms with Gasteiger partial charge in [-0.05, 0) is 31.9 Å². The van der Waals surface area contributed by atoms with E-state index in [0.29, 0.717) is 12.5 Å². The first-order chi connectivity index (χ1) is 12.6. The van der Waals surface area contributed by atoms with Gasteiger partial charge in [-0.15, -0.1) is 0 Å². The Balaban J connectivity index is 1.62. The average Bonchev–Trinajstić information content (AvgIpc) is 3.31. The van der Waals surface area contributed by atoms with Crippen LogP contribution in [-0.2, 0) is 16.6 Å². The van der Waals surface area contributed by atoms with Gasteiger partial charge < -0.3 is 14.8 Å². The lowest BCUT2D eigenvalue weighted by molar-refractivity contribution is -0.129. The van der Waals surface area contributed by atoms with Crippen molar-refractivity contribution in [3.63, 3.8) is 0 Å². The van der Waals surface area contributed by atoms with Crippen molar-refractivity contribution in [2.24, 2.45) is 13.0 Å². The van der Waals surface area contributed by atoms with Gasteiger partial charge in [0, 0.05) is 44.5 Å². The highest BCUT2D eigenvalue weighted by Crippen LogP contribution is 2.43. The molecule has 2 aliphatic rings. The zero-order valence-electron chi connectivity index (χ0n) is 15.1. The fraction of sp³-hybridized carbons (Fsp3) is 0.474. The van der Waals surface area contributed by atoms with E-state index in [4.69, 9.17) is 0 Å². The highest BCUT2D eigenvalue weighted by molar-refractivity contribution is 5.98. The van der Waals surface area contributed by atoms with Gasteiger partial charge in [-0.2, -0.15) is 0 Å². The highest BCUT2D eigenvalue weighted by atomic mass is 16.2. The molecule has 0 radical (unpaired) electrons. The van der Waals surface area contributed by atoms with Crippen LogP contribution in [0.5, 0.6) is 0 Å². The molecule has 1 aliphatic heterocycles. The van der Waals surface area contributed by atoms with E-state index < -0.39 is 5.92 Å². The van der Waals surface area contributed by atoms with Crippen LogP contribution in [0.3, 0.4) is 0 Å². The SMILES string of the molecule is CCN1C(=O)C[C@H](C(=O)Nc2cccnc2C2CC2)[C@H]1c1nccn1C. The van der Waals surface area contributed by atoms with Crippen molar-refractivity contribution in [1.29, 1.82) is 0 Å². The van der Waals surface area contributed by atoms with E-state index in [1.807, 2.05) is 36.9 Å². The molecule has 136 valence electrons. The number of hydrogen-bond donors (Lipinski definition) is 1. The van der Waals surface area contributed by atoms with Crippen molar-refractivity contribution in [2.45, 2.75) is 38.1 Å². The van der Waals surface area contributed by atoms with Crippen molar-refractivity contribution < 1.29 is 9.59 Å². The second-order valence-corrected chi connectivity index (χ2v) is 7.03. The first kappa shape index (κ1) is 16.8. The third-order valence-electron chi connectivity index (χ3n) is 5.29. The van der Waals surface area contributed by atoms with Crippen LogP contribution in [0.4, 0.5) is 5.69 Å².